The van der Waals surface area contributed by atoms with Crippen molar-refractivity contribution in [3.05, 3.63) is 35.4 Å². The molecule has 0 bridgehead atoms. The van der Waals surface area contributed by atoms with Gasteiger partial charge in [0.25, 0.3) is 5.91 Å². The number of hydrogen-bond donors (Lipinski definition) is 2. The monoisotopic (exact) mass is 304 g/mol. The molecular weight excluding hydrogens is 280 g/mol. The molecule has 1 fully saturated rings. The SMILES string of the molecule is CC.CC(C)c1ccc(C(=O)NC2CCC(=O)NC2=O)cc1. The molecule has 3 amide bonds. The third-order valence-corrected chi connectivity index (χ3v) is 3.38. The zero-order chi connectivity index (χ0) is 16.7. The Morgan fingerprint density at radius 3 is 2.27 bits per heavy atom. The summed E-state index contributed by atoms with van der Waals surface area (Å²) in [6.45, 7) is 8.16. The number of amides is 3. The third-order valence-electron chi connectivity index (χ3n) is 3.38. The van der Waals surface area contributed by atoms with Crippen molar-refractivity contribution in [1.29, 1.82) is 0 Å². The highest BCUT2D eigenvalue weighted by atomic mass is 16.2. The van der Waals surface area contributed by atoms with Crippen LogP contribution in [0.4, 0.5) is 0 Å². The molecule has 1 unspecified atom stereocenters. The van der Waals surface area contributed by atoms with Crippen molar-refractivity contribution in [2.75, 3.05) is 0 Å². The number of piperidine rings is 1. The minimum absolute atomic E-state index is 0.253. The Morgan fingerprint density at radius 1 is 1.18 bits per heavy atom. The van der Waals surface area contributed by atoms with E-state index in [1.165, 1.54) is 0 Å². The lowest BCUT2D eigenvalue weighted by Crippen LogP contribution is -2.52. The van der Waals surface area contributed by atoms with Crippen molar-refractivity contribution in [1.82, 2.24) is 10.6 Å². The van der Waals surface area contributed by atoms with Crippen LogP contribution in [0.15, 0.2) is 24.3 Å². The Labute approximate surface area is 131 Å². The number of hydrogen-bond acceptors (Lipinski definition) is 3. The molecule has 2 rings (SSSR count). The molecule has 0 aromatic heterocycles. The summed E-state index contributed by atoms with van der Waals surface area (Å²) >= 11 is 0. The van der Waals surface area contributed by atoms with Crippen LogP contribution in [0.5, 0.6) is 0 Å². The van der Waals surface area contributed by atoms with E-state index in [0.717, 1.165) is 5.56 Å². The molecule has 0 spiro atoms. The lowest BCUT2D eigenvalue weighted by molar-refractivity contribution is -0.134. The second kappa shape index (κ2) is 8.32. The average molecular weight is 304 g/mol. The van der Waals surface area contributed by atoms with Gasteiger partial charge in [-0.05, 0) is 30.0 Å². The molecule has 1 aromatic rings. The van der Waals surface area contributed by atoms with Crippen LogP contribution in [-0.2, 0) is 9.59 Å². The summed E-state index contributed by atoms with van der Waals surface area (Å²) in [5.41, 5.74) is 1.67. The molecule has 0 saturated carbocycles. The summed E-state index contributed by atoms with van der Waals surface area (Å²) in [6.07, 6.45) is 0.601. The highest BCUT2D eigenvalue weighted by Crippen LogP contribution is 2.15. The predicted octanol–water partition coefficient (Wildman–Crippen LogP) is 2.37. The fourth-order valence-corrected chi connectivity index (χ4v) is 2.09. The van der Waals surface area contributed by atoms with E-state index in [1.807, 2.05) is 26.0 Å². The topological polar surface area (TPSA) is 75.3 Å². The van der Waals surface area contributed by atoms with E-state index >= 15 is 0 Å². The maximum atomic E-state index is 12.0. The van der Waals surface area contributed by atoms with E-state index < -0.39 is 11.9 Å². The Bertz CT molecular complexity index is 535. The number of carbonyl (C=O) groups excluding carboxylic acids is 3. The van der Waals surface area contributed by atoms with Gasteiger partial charge in [0.2, 0.25) is 11.8 Å². The van der Waals surface area contributed by atoms with Crippen LogP contribution in [0, 0.1) is 0 Å². The van der Waals surface area contributed by atoms with Gasteiger partial charge in [0, 0.05) is 12.0 Å². The summed E-state index contributed by atoms with van der Waals surface area (Å²) in [6, 6.07) is 6.67. The molecule has 2 N–H and O–H groups in total. The van der Waals surface area contributed by atoms with Crippen molar-refractivity contribution in [2.24, 2.45) is 0 Å². The first-order chi connectivity index (χ1) is 10.5. The average Bonchev–Trinajstić information content (AvgIpc) is 2.52. The first-order valence-electron chi connectivity index (χ1n) is 7.72. The van der Waals surface area contributed by atoms with Gasteiger partial charge in [0.15, 0.2) is 0 Å². The third kappa shape index (κ3) is 4.69. The predicted molar refractivity (Wildman–Crippen MR) is 85.5 cm³/mol. The largest absolute Gasteiger partial charge is 0.340 e. The van der Waals surface area contributed by atoms with Crippen LogP contribution < -0.4 is 10.6 Å². The van der Waals surface area contributed by atoms with Crippen molar-refractivity contribution in [3.8, 4) is 0 Å². The van der Waals surface area contributed by atoms with Crippen LogP contribution in [0.1, 0.15) is 62.4 Å². The minimum Gasteiger partial charge on any atom is -0.340 e. The lowest BCUT2D eigenvalue weighted by atomic mass is 10.0. The number of rotatable bonds is 3. The fraction of sp³-hybridized carbons (Fsp3) is 0.471. The van der Waals surface area contributed by atoms with Crippen molar-refractivity contribution in [3.63, 3.8) is 0 Å². The van der Waals surface area contributed by atoms with Gasteiger partial charge >= 0.3 is 0 Å². The molecule has 5 nitrogen and oxygen atoms in total. The van der Waals surface area contributed by atoms with Crippen molar-refractivity contribution in [2.45, 2.75) is 52.5 Å². The van der Waals surface area contributed by atoms with Gasteiger partial charge in [-0.15, -0.1) is 0 Å². The standard InChI is InChI=1S/C15H18N2O3.C2H6/c1-9(2)10-3-5-11(6-4-10)14(19)16-12-7-8-13(18)17-15(12)20;1-2/h3-6,9,12H,7-8H2,1-2H3,(H,16,19)(H,17,18,20);1-2H3. The quantitative estimate of drug-likeness (QED) is 0.842. The lowest BCUT2D eigenvalue weighted by Gasteiger charge is -2.21. The van der Waals surface area contributed by atoms with Crippen LogP contribution in [0.2, 0.25) is 0 Å². The zero-order valence-corrected chi connectivity index (χ0v) is 13.6. The molecule has 5 heteroatoms. The zero-order valence-electron chi connectivity index (χ0n) is 13.6. The van der Waals surface area contributed by atoms with Gasteiger partial charge in [-0.3, -0.25) is 19.7 Å². The van der Waals surface area contributed by atoms with Crippen LogP contribution in [0.25, 0.3) is 0 Å². The molecule has 1 aliphatic heterocycles. The van der Waals surface area contributed by atoms with Crippen LogP contribution >= 0.6 is 0 Å². The highest BCUT2D eigenvalue weighted by molar-refractivity contribution is 6.03. The summed E-state index contributed by atoms with van der Waals surface area (Å²) in [4.78, 5) is 34.6. The summed E-state index contributed by atoms with van der Waals surface area (Å²) in [5, 5.41) is 4.87. The molecule has 1 aliphatic rings. The number of benzene rings is 1. The number of carbonyl (C=O) groups is 3. The molecule has 0 radical (unpaired) electrons. The minimum atomic E-state index is -0.634. The van der Waals surface area contributed by atoms with Gasteiger partial charge in [-0.2, -0.15) is 0 Å². The van der Waals surface area contributed by atoms with Gasteiger partial charge in [-0.1, -0.05) is 39.8 Å². The smallest absolute Gasteiger partial charge is 0.251 e. The van der Waals surface area contributed by atoms with Crippen LogP contribution in [0.3, 0.4) is 0 Å². The number of nitrogens with one attached hydrogen (secondary N) is 2. The van der Waals surface area contributed by atoms with Gasteiger partial charge < -0.3 is 5.32 Å². The van der Waals surface area contributed by atoms with E-state index in [-0.39, 0.29) is 18.2 Å². The molecular formula is C17H24N2O3. The van der Waals surface area contributed by atoms with Crippen LogP contribution in [-0.4, -0.2) is 23.8 Å². The molecule has 1 heterocycles. The molecule has 22 heavy (non-hydrogen) atoms. The summed E-state index contributed by atoms with van der Waals surface area (Å²) in [5.74, 6) is -0.618. The maximum absolute atomic E-state index is 12.0. The molecule has 1 saturated heterocycles. The number of imide groups is 1. The van der Waals surface area contributed by atoms with Crippen molar-refractivity contribution < 1.29 is 14.4 Å². The summed E-state index contributed by atoms with van der Waals surface area (Å²) in [7, 11) is 0. The summed E-state index contributed by atoms with van der Waals surface area (Å²) < 4.78 is 0. The van der Waals surface area contributed by atoms with Gasteiger partial charge in [0.05, 0.1) is 0 Å². The van der Waals surface area contributed by atoms with Gasteiger partial charge in [-0.25, -0.2) is 0 Å². The molecule has 120 valence electrons. The van der Waals surface area contributed by atoms with E-state index in [1.54, 1.807) is 12.1 Å². The molecule has 1 atom stereocenters. The Balaban J connectivity index is 0.00000116. The normalized spacial score (nSPS) is 17.4. The van der Waals surface area contributed by atoms with E-state index in [9.17, 15) is 14.4 Å². The van der Waals surface area contributed by atoms with Gasteiger partial charge in [0.1, 0.15) is 6.04 Å². The Hall–Kier alpha value is -2.17. The first-order valence-corrected chi connectivity index (χ1v) is 7.72. The second-order valence-corrected chi connectivity index (χ2v) is 5.25. The van der Waals surface area contributed by atoms with Crippen molar-refractivity contribution >= 4 is 17.7 Å². The Kier molecular flexibility index (Phi) is 6.76. The van der Waals surface area contributed by atoms with E-state index in [0.29, 0.717) is 17.9 Å². The fourth-order valence-electron chi connectivity index (χ4n) is 2.09. The molecule has 0 aliphatic carbocycles. The second-order valence-electron chi connectivity index (χ2n) is 5.25. The maximum Gasteiger partial charge on any atom is 0.251 e. The van der Waals surface area contributed by atoms with E-state index in [2.05, 4.69) is 24.5 Å². The first kappa shape index (κ1) is 17.9. The Morgan fingerprint density at radius 2 is 1.77 bits per heavy atom. The highest BCUT2D eigenvalue weighted by Gasteiger charge is 2.27. The van der Waals surface area contributed by atoms with E-state index in [4.69, 9.17) is 0 Å². The molecule has 1 aromatic carbocycles.